The standard InChI is InChI=1S/C19H24ClN3O3S/c1-6-22(3)13-21-16-11-14(2)18(12-15(16)20)23(27(5,24)25)17-9-7-8-10-19(17)26-4/h7-13H,6H2,1-5H3. The van der Waals surface area contributed by atoms with Crippen molar-refractivity contribution in [2.45, 2.75) is 13.8 Å². The summed E-state index contributed by atoms with van der Waals surface area (Å²) in [7, 11) is -0.228. The van der Waals surface area contributed by atoms with Crippen LogP contribution in [0.4, 0.5) is 17.1 Å². The highest BCUT2D eigenvalue weighted by atomic mass is 35.5. The van der Waals surface area contributed by atoms with Crippen LogP contribution in [-0.2, 0) is 10.0 Å². The Hall–Kier alpha value is -2.25. The van der Waals surface area contributed by atoms with Crippen molar-refractivity contribution in [3.63, 3.8) is 0 Å². The lowest BCUT2D eigenvalue weighted by atomic mass is 10.1. The van der Waals surface area contributed by atoms with Crippen LogP contribution in [-0.4, -0.2) is 46.6 Å². The smallest absolute Gasteiger partial charge is 0.236 e. The van der Waals surface area contributed by atoms with Gasteiger partial charge in [0.05, 0.1) is 41.8 Å². The van der Waals surface area contributed by atoms with E-state index >= 15 is 0 Å². The number of aryl methyl sites for hydroxylation is 1. The first kappa shape index (κ1) is 21.1. The number of nitrogens with zero attached hydrogens (tertiary/aromatic N) is 3. The number of ether oxygens (including phenoxy) is 1. The minimum atomic E-state index is -3.64. The van der Waals surface area contributed by atoms with E-state index in [1.807, 2.05) is 25.8 Å². The van der Waals surface area contributed by atoms with Crippen molar-refractivity contribution in [1.82, 2.24) is 4.90 Å². The van der Waals surface area contributed by atoms with Gasteiger partial charge in [0, 0.05) is 13.6 Å². The number of methoxy groups -OCH3 is 1. The Morgan fingerprint density at radius 2 is 1.89 bits per heavy atom. The van der Waals surface area contributed by atoms with Crippen LogP contribution < -0.4 is 9.04 Å². The highest BCUT2D eigenvalue weighted by Crippen LogP contribution is 2.40. The number of rotatable bonds is 7. The van der Waals surface area contributed by atoms with E-state index in [0.717, 1.165) is 18.4 Å². The van der Waals surface area contributed by atoms with Gasteiger partial charge < -0.3 is 9.64 Å². The van der Waals surface area contributed by atoms with Crippen LogP contribution in [0.1, 0.15) is 12.5 Å². The molecule has 0 N–H and O–H groups in total. The van der Waals surface area contributed by atoms with Crippen LogP contribution in [0.5, 0.6) is 5.75 Å². The summed E-state index contributed by atoms with van der Waals surface area (Å²) in [5.41, 5.74) is 2.17. The van der Waals surface area contributed by atoms with Crippen LogP contribution in [0.2, 0.25) is 5.02 Å². The quantitative estimate of drug-likeness (QED) is 0.503. The Balaban J connectivity index is 2.62. The first-order valence-corrected chi connectivity index (χ1v) is 10.6. The maximum Gasteiger partial charge on any atom is 0.236 e. The molecule has 2 aromatic carbocycles. The molecule has 27 heavy (non-hydrogen) atoms. The monoisotopic (exact) mass is 409 g/mol. The summed E-state index contributed by atoms with van der Waals surface area (Å²) < 4.78 is 31.8. The van der Waals surface area contributed by atoms with Gasteiger partial charge in [-0.3, -0.25) is 0 Å². The van der Waals surface area contributed by atoms with E-state index in [4.69, 9.17) is 16.3 Å². The van der Waals surface area contributed by atoms with E-state index in [1.54, 1.807) is 42.7 Å². The van der Waals surface area contributed by atoms with Crippen LogP contribution in [0.25, 0.3) is 0 Å². The van der Waals surface area contributed by atoms with E-state index in [9.17, 15) is 8.42 Å². The van der Waals surface area contributed by atoms with Crippen molar-refractivity contribution in [3.8, 4) is 5.75 Å². The van der Waals surface area contributed by atoms with E-state index in [-0.39, 0.29) is 0 Å². The lowest BCUT2D eigenvalue weighted by molar-refractivity contribution is 0.416. The molecule has 0 radical (unpaired) electrons. The number of hydrogen-bond acceptors (Lipinski definition) is 4. The summed E-state index contributed by atoms with van der Waals surface area (Å²) in [4.78, 5) is 6.30. The van der Waals surface area contributed by atoms with Gasteiger partial charge >= 0.3 is 0 Å². The second kappa shape index (κ2) is 8.63. The summed E-state index contributed by atoms with van der Waals surface area (Å²) in [6.45, 7) is 4.65. The third kappa shape index (κ3) is 4.93. The van der Waals surface area contributed by atoms with Gasteiger partial charge in [-0.1, -0.05) is 23.7 Å². The number of sulfonamides is 1. The lowest BCUT2D eigenvalue weighted by Gasteiger charge is -2.26. The second-order valence-electron chi connectivity index (χ2n) is 6.11. The van der Waals surface area contributed by atoms with Crippen molar-refractivity contribution in [3.05, 3.63) is 47.0 Å². The molecule has 0 atom stereocenters. The SMILES string of the molecule is CCN(C)C=Nc1cc(C)c(N(c2ccccc2OC)S(C)(=O)=O)cc1Cl. The van der Waals surface area contributed by atoms with Gasteiger partial charge in [-0.25, -0.2) is 17.7 Å². The summed E-state index contributed by atoms with van der Waals surface area (Å²) in [6, 6.07) is 10.3. The Kier molecular flexibility index (Phi) is 6.73. The zero-order valence-corrected chi connectivity index (χ0v) is 17.7. The van der Waals surface area contributed by atoms with Gasteiger partial charge in [0.15, 0.2) is 0 Å². The normalized spacial score (nSPS) is 11.6. The summed E-state index contributed by atoms with van der Waals surface area (Å²) in [6.07, 6.45) is 2.84. The zero-order chi connectivity index (χ0) is 20.2. The molecule has 0 saturated carbocycles. The van der Waals surface area contributed by atoms with E-state index in [2.05, 4.69) is 4.99 Å². The summed E-state index contributed by atoms with van der Waals surface area (Å²) in [5, 5.41) is 0.361. The molecule has 0 fully saturated rings. The third-order valence-electron chi connectivity index (χ3n) is 4.01. The number of aliphatic imine (C=N–C) groups is 1. The largest absolute Gasteiger partial charge is 0.495 e. The molecule has 2 rings (SSSR count). The topological polar surface area (TPSA) is 62.2 Å². The van der Waals surface area contributed by atoms with Crippen molar-refractivity contribution >= 4 is 45.0 Å². The number of hydrogen-bond donors (Lipinski definition) is 0. The molecular formula is C19H24ClN3O3S. The third-order valence-corrected chi connectivity index (χ3v) is 5.37. The second-order valence-corrected chi connectivity index (χ2v) is 8.35. The molecule has 0 unspecified atom stereocenters. The summed E-state index contributed by atoms with van der Waals surface area (Å²) in [5.74, 6) is 0.449. The van der Waals surface area contributed by atoms with Gasteiger partial charge in [-0.15, -0.1) is 0 Å². The Labute approximate surface area is 166 Å². The Morgan fingerprint density at radius 1 is 1.22 bits per heavy atom. The van der Waals surface area contributed by atoms with E-state index in [1.165, 1.54) is 11.4 Å². The fourth-order valence-electron chi connectivity index (χ4n) is 2.50. The zero-order valence-electron chi connectivity index (χ0n) is 16.1. The molecule has 2 aromatic rings. The van der Waals surface area contributed by atoms with Crippen LogP contribution in [0.3, 0.4) is 0 Å². The molecular weight excluding hydrogens is 386 g/mol. The number of para-hydroxylation sites is 2. The molecule has 0 heterocycles. The fourth-order valence-corrected chi connectivity index (χ4v) is 3.77. The Bertz CT molecular complexity index is 945. The van der Waals surface area contributed by atoms with E-state index in [0.29, 0.717) is 27.8 Å². The first-order chi connectivity index (χ1) is 12.7. The van der Waals surface area contributed by atoms with Gasteiger partial charge in [-0.05, 0) is 43.7 Å². The lowest BCUT2D eigenvalue weighted by Crippen LogP contribution is -2.25. The summed E-state index contributed by atoms with van der Waals surface area (Å²) >= 11 is 6.40. The van der Waals surface area contributed by atoms with Gasteiger partial charge in [-0.2, -0.15) is 0 Å². The average Bonchev–Trinajstić information content (AvgIpc) is 2.62. The Morgan fingerprint density at radius 3 is 2.48 bits per heavy atom. The number of benzene rings is 2. The maximum absolute atomic E-state index is 12.6. The number of anilines is 2. The average molecular weight is 410 g/mol. The molecule has 0 saturated heterocycles. The van der Waals surface area contributed by atoms with Gasteiger partial charge in [0.2, 0.25) is 10.0 Å². The van der Waals surface area contributed by atoms with Gasteiger partial charge in [0.25, 0.3) is 0 Å². The van der Waals surface area contributed by atoms with E-state index < -0.39 is 10.0 Å². The van der Waals surface area contributed by atoms with Crippen molar-refractivity contribution in [2.75, 3.05) is 31.3 Å². The number of halogens is 1. The molecule has 0 aliphatic heterocycles. The minimum Gasteiger partial charge on any atom is -0.495 e. The van der Waals surface area contributed by atoms with Crippen LogP contribution in [0, 0.1) is 6.92 Å². The molecule has 8 heteroatoms. The molecule has 0 amide bonds. The van der Waals surface area contributed by atoms with Crippen molar-refractivity contribution < 1.29 is 13.2 Å². The maximum atomic E-state index is 12.6. The molecule has 6 nitrogen and oxygen atoms in total. The molecule has 0 aliphatic rings. The predicted octanol–water partition coefficient (Wildman–Crippen LogP) is 4.37. The molecule has 146 valence electrons. The molecule has 0 aliphatic carbocycles. The van der Waals surface area contributed by atoms with Crippen LogP contribution in [0.15, 0.2) is 41.4 Å². The highest BCUT2D eigenvalue weighted by molar-refractivity contribution is 7.92. The fraction of sp³-hybridized carbons (Fsp3) is 0.316. The van der Waals surface area contributed by atoms with Crippen molar-refractivity contribution in [1.29, 1.82) is 0 Å². The van der Waals surface area contributed by atoms with Crippen molar-refractivity contribution in [2.24, 2.45) is 4.99 Å². The molecule has 0 bridgehead atoms. The molecule has 0 spiro atoms. The predicted molar refractivity (Wildman–Crippen MR) is 113 cm³/mol. The van der Waals surface area contributed by atoms with Crippen LogP contribution >= 0.6 is 11.6 Å². The molecule has 0 aromatic heterocycles. The minimum absolute atomic E-state index is 0.361. The highest BCUT2D eigenvalue weighted by Gasteiger charge is 2.25. The van der Waals surface area contributed by atoms with Gasteiger partial charge in [0.1, 0.15) is 5.75 Å². The first-order valence-electron chi connectivity index (χ1n) is 8.37.